The minimum Gasteiger partial charge on any atom is -0.378 e. The third-order valence-corrected chi connectivity index (χ3v) is 2.93. The molecule has 2 rings (SSSR count). The summed E-state index contributed by atoms with van der Waals surface area (Å²) in [4.78, 5) is 0. The fraction of sp³-hybridized carbons (Fsp3) is 0.900. The van der Waals surface area contributed by atoms with E-state index in [2.05, 4.69) is 19.9 Å². The highest BCUT2D eigenvalue weighted by Gasteiger charge is 2.64. The molecule has 3 nitrogen and oxygen atoms in total. The van der Waals surface area contributed by atoms with Crippen molar-refractivity contribution >= 4 is 0 Å². The lowest BCUT2D eigenvalue weighted by atomic mass is 9.86. The molecule has 0 saturated carbocycles. The lowest BCUT2D eigenvalue weighted by Crippen LogP contribution is -2.26. The lowest BCUT2D eigenvalue weighted by Gasteiger charge is -2.15. The molecule has 13 heavy (non-hydrogen) atoms. The molecule has 0 radical (unpaired) electrons. The summed E-state index contributed by atoms with van der Waals surface area (Å²) in [6.45, 7) is 5.75. The Kier molecular flexibility index (Phi) is 2.05. The van der Waals surface area contributed by atoms with Crippen LogP contribution in [0.5, 0.6) is 0 Å². The van der Waals surface area contributed by atoms with Crippen molar-refractivity contribution in [3.63, 3.8) is 0 Å². The third kappa shape index (κ3) is 1.34. The van der Waals surface area contributed by atoms with Crippen LogP contribution in [0, 0.1) is 23.2 Å². The molecule has 2 saturated heterocycles. The van der Waals surface area contributed by atoms with Gasteiger partial charge >= 0.3 is 0 Å². The van der Waals surface area contributed by atoms with Gasteiger partial charge in [0.15, 0.2) is 6.10 Å². The zero-order chi connectivity index (χ0) is 9.47. The van der Waals surface area contributed by atoms with Gasteiger partial charge in [-0.05, 0) is 12.3 Å². The van der Waals surface area contributed by atoms with Gasteiger partial charge in [0.2, 0.25) is 0 Å². The van der Waals surface area contributed by atoms with Crippen LogP contribution >= 0.6 is 0 Å². The quantitative estimate of drug-likeness (QED) is 0.604. The van der Waals surface area contributed by atoms with Crippen molar-refractivity contribution in [2.75, 3.05) is 13.2 Å². The van der Waals surface area contributed by atoms with Crippen LogP contribution < -0.4 is 0 Å². The van der Waals surface area contributed by atoms with E-state index < -0.39 is 0 Å². The first-order valence-corrected chi connectivity index (χ1v) is 4.84. The van der Waals surface area contributed by atoms with E-state index in [0.717, 1.165) is 13.0 Å². The summed E-state index contributed by atoms with van der Waals surface area (Å²) in [5, 5.41) is 8.75. The molecular weight excluding hydrogens is 166 g/mol. The first-order valence-electron chi connectivity index (χ1n) is 4.84. The molecule has 0 amide bonds. The molecule has 2 aliphatic heterocycles. The Labute approximate surface area is 78.6 Å². The van der Waals surface area contributed by atoms with Gasteiger partial charge in [0.05, 0.1) is 19.3 Å². The summed E-state index contributed by atoms with van der Waals surface area (Å²) < 4.78 is 10.8. The second kappa shape index (κ2) is 2.97. The molecule has 0 aliphatic carbocycles. The Morgan fingerprint density at radius 1 is 1.62 bits per heavy atom. The van der Waals surface area contributed by atoms with Gasteiger partial charge in [-0.25, -0.2) is 0 Å². The number of hydrogen-bond acceptors (Lipinski definition) is 3. The van der Waals surface area contributed by atoms with Gasteiger partial charge in [-0.3, -0.25) is 0 Å². The number of rotatable bonds is 2. The molecule has 3 heteroatoms. The summed E-state index contributed by atoms with van der Waals surface area (Å²) in [7, 11) is 0. The van der Waals surface area contributed by atoms with Crippen molar-refractivity contribution in [2.24, 2.45) is 11.8 Å². The summed E-state index contributed by atoms with van der Waals surface area (Å²) in [5.74, 6) is 1.07. The number of nitriles is 1. The highest BCUT2D eigenvalue weighted by Crippen LogP contribution is 2.48. The lowest BCUT2D eigenvalue weighted by molar-refractivity contribution is 0.170. The highest BCUT2D eigenvalue weighted by molar-refractivity contribution is 5.18. The van der Waals surface area contributed by atoms with Crippen molar-refractivity contribution in [2.45, 2.75) is 32.0 Å². The fourth-order valence-electron chi connectivity index (χ4n) is 2.20. The zero-order valence-electron chi connectivity index (χ0n) is 8.12. The van der Waals surface area contributed by atoms with Crippen LogP contribution in [0.4, 0.5) is 0 Å². The Balaban J connectivity index is 2.01. The van der Waals surface area contributed by atoms with E-state index in [1.165, 1.54) is 0 Å². The largest absolute Gasteiger partial charge is 0.378 e. The molecule has 2 aliphatic rings. The second-order valence-electron chi connectivity index (χ2n) is 4.42. The second-order valence-corrected chi connectivity index (χ2v) is 4.42. The molecule has 0 aromatic heterocycles. The maximum Gasteiger partial charge on any atom is 0.176 e. The Hall–Kier alpha value is -0.590. The van der Waals surface area contributed by atoms with Crippen molar-refractivity contribution in [3.8, 4) is 6.07 Å². The number of ether oxygens (including phenoxy) is 2. The summed E-state index contributed by atoms with van der Waals surface area (Å²) >= 11 is 0. The Bertz CT molecular complexity index is 246. The minimum atomic E-state index is -0.223. The van der Waals surface area contributed by atoms with Crippen LogP contribution in [0.2, 0.25) is 0 Å². The van der Waals surface area contributed by atoms with E-state index in [1.807, 2.05) is 0 Å². The molecule has 0 N–H and O–H groups in total. The van der Waals surface area contributed by atoms with Gasteiger partial charge in [-0.15, -0.1) is 0 Å². The zero-order valence-corrected chi connectivity index (χ0v) is 8.12. The van der Waals surface area contributed by atoms with Crippen LogP contribution in [-0.2, 0) is 9.47 Å². The maximum absolute atomic E-state index is 8.75. The topological polar surface area (TPSA) is 45.5 Å². The van der Waals surface area contributed by atoms with Crippen molar-refractivity contribution in [1.82, 2.24) is 0 Å². The number of epoxide rings is 1. The summed E-state index contributed by atoms with van der Waals surface area (Å²) in [5.41, 5.74) is -0.223. The van der Waals surface area contributed by atoms with Crippen LogP contribution in [0.1, 0.15) is 20.3 Å². The fourth-order valence-corrected chi connectivity index (χ4v) is 2.20. The minimum absolute atomic E-state index is 0.209. The van der Waals surface area contributed by atoms with E-state index in [9.17, 15) is 0 Å². The molecule has 0 aromatic carbocycles. The van der Waals surface area contributed by atoms with Gasteiger partial charge in [0.25, 0.3) is 0 Å². The van der Waals surface area contributed by atoms with Gasteiger partial charge in [-0.2, -0.15) is 5.26 Å². The van der Waals surface area contributed by atoms with Gasteiger partial charge < -0.3 is 9.47 Å². The molecule has 2 heterocycles. The normalized spacial score (nSPS) is 42.6. The molecule has 3 atom stereocenters. The Morgan fingerprint density at radius 2 is 2.38 bits per heavy atom. The van der Waals surface area contributed by atoms with Crippen molar-refractivity contribution in [1.29, 1.82) is 5.26 Å². The molecule has 0 aromatic rings. The smallest absolute Gasteiger partial charge is 0.176 e. The van der Waals surface area contributed by atoms with Crippen molar-refractivity contribution < 1.29 is 9.47 Å². The van der Waals surface area contributed by atoms with Crippen LogP contribution in [-0.4, -0.2) is 24.9 Å². The molecular formula is C10H15NO2. The Morgan fingerprint density at radius 3 is 2.92 bits per heavy atom. The van der Waals surface area contributed by atoms with Crippen molar-refractivity contribution in [3.05, 3.63) is 0 Å². The predicted octanol–water partition coefficient (Wildman–Crippen LogP) is 1.34. The van der Waals surface area contributed by atoms with E-state index >= 15 is 0 Å². The first-order chi connectivity index (χ1) is 6.19. The number of nitrogens with zero attached hydrogens (tertiary/aromatic N) is 1. The number of hydrogen-bond donors (Lipinski definition) is 0. The molecule has 72 valence electrons. The van der Waals surface area contributed by atoms with Crippen LogP contribution in [0.25, 0.3) is 0 Å². The van der Waals surface area contributed by atoms with E-state index in [0.29, 0.717) is 18.4 Å². The monoisotopic (exact) mass is 181 g/mol. The molecule has 2 fully saturated rings. The van der Waals surface area contributed by atoms with Crippen LogP contribution in [0.15, 0.2) is 0 Å². The van der Waals surface area contributed by atoms with Gasteiger partial charge in [-0.1, -0.05) is 13.8 Å². The average molecular weight is 181 g/mol. The maximum atomic E-state index is 8.75. The molecule has 1 spiro atoms. The first kappa shape index (κ1) is 8.98. The van der Waals surface area contributed by atoms with Crippen LogP contribution in [0.3, 0.4) is 0 Å². The molecule has 3 unspecified atom stereocenters. The summed E-state index contributed by atoms with van der Waals surface area (Å²) in [6, 6.07) is 2.17. The highest BCUT2D eigenvalue weighted by atomic mass is 16.6. The SMILES string of the molecule is CC(C)CC1COCC12OC2C#N. The van der Waals surface area contributed by atoms with E-state index in [1.54, 1.807) is 0 Å². The average Bonchev–Trinajstić information content (AvgIpc) is 2.64. The van der Waals surface area contributed by atoms with Gasteiger partial charge in [0, 0.05) is 5.92 Å². The van der Waals surface area contributed by atoms with Gasteiger partial charge in [0.1, 0.15) is 5.60 Å². The third-order valence-electron chi connectivity index (χ3n) is 2.93. The predicted molar refractivity (Wildman–Crippen MR) is 47.0 cm³/mol. The van der Waals surface area contributed by atoms with E-state index in [4.69, 9.17) is 14.7 Å². The van der Waals surface area contributed by atoms with E-state index in [-0.39, 0.29) is 11.7 Å². The summed E-state index contributed by atoms with van der Waals surface area (Å²) in [6.07, 6.45) is 0.886. The molecule has 0 bridgehead atoms. The standard InChI is InChI=1S/C10H15NO2/c1-7(2)3-8-5-12-6-10(8)9(4-11)13-10/h7-9H,3,5-6H2,1-2H3.